The molecule has 7 nitrogen and oxygen atoms in total. The molecule has 0 saturated carbocycles. The van der Waals surface area contributed by atoms with Gasteiger partial charge in [0.2, 0.25) is 0 Å². The number of rotatable bonds is 3. The van der Waals surface area contributed by atoms with Crippen molar-refractivity contribution in [2.45, 2.75) is 0 Å². The van der Waals surface area contributed by atoms with Gasteiger partial charge in [-0.2, -0.15) is 20.0 Å². The summed E-state index contributed by atoms with van der Waals surface area (Å²) in [6.45, 7) is 0. The second-order valence-corrected chi connectivity index (χ2v) is 5.41. The van der Waals surface area contributed by atoms with E-state index in [9.17, 15) is 4.79 Å². The Hall–Kier alpha value is -3.19. The SMILES string of the molecule is O=c1c(-n2cccn2)c(-n2cccn2)cnn1-c1ccc(Cl)cc1. The Morgan fingerprint density at radius 1 is 0.875 bits per heavy atom. The van der Waals surface area contributed by atoms with Crippen LogP contribution in [0.3, 0.4) is 0 Å². The average Bonchev–Trinajstić information content (AvgIpc) is 3.29. The first-order valence-electron chi connectivity index (χ1n) is 7.12. The fraction of sp³-hybridized carbons (Fsp3) is 0. The maximum atomic E-state index is 13.0. The van der Waals surface area contributed by atoms with Crippen LogP contribution in [0.15, 0.2) is 72.2 Å². The molecular weight excluding hydrogens is 328 g/mol. The summed E-state index contributed by atoms with van der Waals surface area (Å²) in [5.74, 6) is 0. The van der Waals surface area contributed by atoms with Crippen LogP contribution in [-0.2, 0) is 0 Å². The molecule has 0 N–H and O–H groups in total. The molecule has 4 aromatic rings. The van der Waals surface area contributed by atoms with Gasteiger partial charge in [-0.05, 0) is 36.4 Å². The number of hydrogen-bond acceptors (Lipinski definition) is 4. The van der Waals surface area contributed by atoms with Gasteiger partial charge in [0, 0.05) is 29.8 Å². The Kier molecular flexibility index (Phi) is 3.47. The zero-order chi connectivity index (χ0) is 16.5. The number of halogens is 1. The first-order chi connectivity index (χ1) is 11.7. The van der Waals surface area contributed by atoms with Crippen LogP contribution in [0.2, 0.25) is 5.02 Å². The lowest BCUT2D eigenvalue weighted by atomic mass is 10.3. The molecule has 1 aromatic carbocycles. The quantitative estimate of drug-likeness (QED) is 0.574. The third-order valence-corrected chi connectivity index (χ3v) is 3.74. The maximum absolute atomic E-state index is 13.0. The van der Waals surface area contributed by atoms with E-state index in [2.05, 4.69) is 15.3 Å². The van der Waals surface area contributed by atoms with Crippen LogP contribution in [0, 0.1) is 0 Å². The van der Waals surface area contributed by atoms with Gasteiger partial charge in [-0.15, -0.1) is 0 Å². The van der Waals surface area contributed by atoms with E-state index in [1.807, 2.05) is 0 Å². The second kappa shape index (κ2) is 5.78. The lowest BCUT2D eigenvalue weighted by Crippen LogP contribution is -2.27. The van der Waals surface area contributed by atoms with Crippen molar-refractivity contribution in [1.82, 2.24) is 29.3 Å². The molecule has 0 aliphatic heterocycles. The van der Waals surface area contributed by atoms with Crippen LogP contribution >= 0.6 is 11.6 Å². The minimum atomic E-state index is -0.311. The van der Waals surface area contributed by atoms with E-state index < -0.39 is 0 Å². The van der Waals surface area contributed by atoms with Crippen LogP contribution < -0.4 is 5.56 Å². The van der Waals surface area contributed by atoms with Crippen LogP contribution in [-0.4, -0.2) is 29.3 Å². The first kappa shape index (κ1) is 14.4. The third-order valence-electron chi connectivity index (χ3n) is 3.49. The molecule has 8 heteroatoms. The average molecular weight is 339 g/mol. The second-order valence-electron chi connectivity index (χ2n) is 4.97. The van der Waals surface area contributed by atoms with Crippen molar-refractivity contribution < 1.29 is 0 Å². The molecule has 0 unspecified atom stereocenters. The van der Waals surface area contributed by atoms with E-state index in [1.165, 1.54) is 9.36 Å². The summed E-state index contributed by atoms with van der Waals surface area (Å²) in [7, 11) is 0. The molecule has 0 radical (unpaired) electrons. The zero-order valence-corrected chi connectivity index (χ0v) is 13.1. The molecule has 0 bridgehead atoms. The summed E-state index contributed by atoms with van der Waals surface area (Å²) < 4.78 is 4.39. The van der Waals surface area contributed by atoms with E-state index in [0.29, 0.717) is 22.1 Å². The highest BCUT2D eigenvalue weighted by Crippen LogP contribution is 2.15. The van der Waals surface area contributed by atoms with Gasteiger partial charge in [0.15, 0.2) is 5.69 Å². The van der Waals surface area contributed by atoms with Crippen molar-refractivity contribution in [3.8, 4) is 17.1 Å². The van der Waals surface area contributed by atoms with Gasteiger partial charge in [-0.3, -0.25) is 4.79 Å². The van der Waals surface area contributed by atoms with E-state index in [0.717, 1.165) is 0 Å². The molecule has 0 atom stereocenters. The summed E-state index contributed by atoms with van der Waals surface area (Å²) in [6.07, 6.45) is 8.28. The molecule has 0 aliphatic carbocycles. The number of aromatic nitrogens is 6. The van der Waals surface area contributed by atoms with Crippen LogP contribution in [0.25, 0.3) is 17.1 Å². The predicted octanol–water partition coefficient (Wildman–Crippen LogP) is 2.26. The highest BCUT2D eigenvalue weighted by molar-refractivity contribution is 6.30. The molecule has 0 aliphatic rings. The highest BCUT2D eigenvalue weighted by Gasteiger charge is 2.16. The first-order valence-corrected chi connectivity index (χ1v) is 7.50. The Balaban J connectivity index is 1.98. The van der Waals surface area contributed by atoms with Crippen molar-refractivity contribution in [1.29, 1.82) is 0 Å². The van der Waals surface area contributed by atoms with Gasteiger partial charge in [-0.25, -0.2) is 9.36 Å². The molecule has 3 heterocycles. The van der Waals surface area contributed by atoms with Crippen LogP contribution in [0.1, 0.15) is 0 Å². The van der Waals surface area contributed by atoms with E-state index >= 15 is 0 Å². The topological polar surface area (TPSA) is 70.5 Å². The van der Waals surface area contributed by atoms with Gasteiger partial charge in [0.05, 0.1) is 11.9 Å². The molecule has 0 amide bonds. The summed E-state index contributed by atoms with van der Waals surface area (Å²) in [4.78, 5) is 13.0. The van der Waals surface area contributed by atoms with E-state index in [-0.39, 0.29) is 5.56 Å². The normalized spacial score (nSPS) is 10.9. The number of hydrogen-bond donors (Lipinski definition) is 0. The fourth-order valence-corrected chi connectivity index (χ4v) is 2.52. The standard InChI is InChI=1S/C16H11ClN6O/c17-12-3-5-13(6-4-12)23-16(24)15(22-10-2-8-19-22)14(11-20-23)21-9-1-7-18-21/h1-11H. The largest absolute Gasteiger partial charge is 0.299 e. The monoisotopic (exact) mass is 338 g/mol. The van der Waals surface area contributed by atoms with Gasteiger partial charge < -0.3 is 0 Å². The molecule has 24 heavy (non-hydrogen) atoms. The van der Waals surface area contributed by atoms with Gasteiger partial charge in [0.1, 0.15) is 5.69 Å². The Morgan fingerprint density at radius 3 is 2.17 bits per heavy atom. The van der Waals surface area contributed by atoms with Gasteiger partial charge in [-0.1, -0.05) is 11.6 Å². The molecule has 0 spiro atoms. The zero-order valence-electron chi connectivity index (χ0n) is 12.3. The molecule has 118 valence electrons. The van der Waals surface area contributed by atoms with E-state index in [4.69, 9.17) is 11.6 Å². The van der Waals surface area contributed by atoms with E-state index in [1.54, 1.807) is 72.1 Å². The smallest absolute Gasteiger partial charge is 0.265 e. The molecule has 4 rings (SSSR count). The minimum Gasteiger partial charge on any atom is -0.265 e. The Bertz CT molecular complexity index is 1020. The van der Waals surface area contributed by atoms with Crippen molar-refractivity contribution in [2.24, 2.45) is 0 Å². The molecule has 3 aromatic heterocycles. The summed E-state index contributed by atoms with van der Waals surface area (Å²) in [5, 5.41) is 13.2. The Morgan fingerprint density at radius 2 is 1.54 bits per heavy atom. The molecular formula is C16H11ClN6O. The lowest BCUT2D eigenvalue weighted by Gasteiger charge is -2.12. The molecule has 0 fully saturated rings. The number of nitrogens with zero attached hydrogens (tertiary/aromatic N) is 6. The summed E-state index contributed by atoms with van der Waals surface area (Å²) >= 11 is 5.91. The van der Waals surface area contributed by atoms with Crippen molar-refractivity contribution in [3.05, 3.63) is 82.8 Å². The van der Waals surface area contributed by atoms with Crippen molar-refractivity contribution in [2.75, 3.05) is 0 Å². The van der Waals surface area contributed by atoms with Crippen LogP contribution in [0.4, 0.5) is 0 Å². The third kappa shape index (κ3) is 2.40. The van der Waals surface area contributed by atoms with Crippen molar-refractivity contribution in [3.63, 3.8) is 0 Å². The summed E-state index contributed by atoms with van der Waals surface area (Å²) in [5.41, 5.74) is 1.20. The van der Waals surface area contributed by atoms with Gasteiger partial charge >= 0.3 is 0 Å². The fourth-order valence-electron chi connectivity index (χ4n) is 2.40. The van der Waals surface area contributed by atoms with Crippen LogP contribution in [0.5, 0.6) is 0 Å². The number of benzene rings is 1. The predicted molar refractivity (Wildman–Crippen MR) is 89.1 cm³/mol. The highest BCUT2D eigenvalue weighted by atomic mass is 35.5. The lowest BCUT2D eigenvalue weighted by molar-refractivity contribution is 0.738. The minimum absolute atomic E-state index is 0.311. The van der Waals surface area contributed by atoms with Gasteiger partial charge in [0.25, 0.3) is 5.56 Å². The summed E-state index contributed by atoms with van der Waals surface area (Å²) in [6, 6.07) is 10.4. The Labute approximate surface area is 141 Å². The van der Waals surface area contributed by atoms with Crippen molar-refractivity contribution >= 4 is 11.6 Å². The molecule has 0 saturated heterocycles. The maximum Gasteiger partial charge on any atom is 0.299 e.